The van der Waals surface area contributed by atoms with Crippen LogP contribution in [0.5, 0.6) is 5.75 Å². The summed E-state index contributed by atoms with van der Waals surface area (Å²) in [5.74, 6) is -0.0237. The van der Waals surface area contributed by atoms with Gasteiger partial charge in [-0.1, -0.05) is 35.9 Å². The number of hydrogen-bond donors (Lipinski definition) is 2. The standard InChI is InChI=1S/C17H13ClN2O2/c18-14-5-3-12(4-6-14)16-10-13(17(22)20-19-16)9-11-1-7-15(21)8-2-11/h1-9,21H,10H2,(H,20,22)/b13-9-. The minimum Gasteiger partial charge on any atom is -0.508 e. The predicted octanol–water partition coefficient (Wildman–Crippen LogP) is 3.35. The molecule has 0 spiro atoms. The van der Waals surface area contributed by atoms with Crippen LogP contribution < -0.4 is 5.43 Å². The van der Waals surface area contributed by atoms with Crippen molar-refractivity contribution in [2.75, 3.05) is 0 Å². The van der Waals surface area contributed by atoms with Crippen molar-refractivity contribution in [3.63, 3.8) is 0 Å². The van der Waals surface area contributed by atoms with Crippen LogP contribution >= 0.6 is 11.6 Å². The zero-order valence-corrected chi connectivity index (χ0v) is 12.3. The van der Waals surface area contributed by atoms with Crippen molar-refractivity contribution in [1.82, 2.24) is 5.43 Å². The van der Waals surface area contributed by atoms with Crippen LogP contribution in [0.4, 0.5) is 0 Å². The summed E-state index contributed by atoms with van der Waals surface area (Å²) in [4.78, 5) is 11.9. The van der Waals surface area contributed by atoms with Gasteiger partial charge in [0.05, 0.1) is 5.71 Å². The molecule has 2 N–H and O–H groups in total. The fraction of sp³-hybridized carbons (Fsp3) is 0.0588. The van der Waals surface area contributed by atoms with Crippen molar-refractivity contribution in [3.8, 4) is 5.75 Å². The van der Waals surface area contributed by atoms with Crippen LogP contribution in [-0.2, 0) is 4.79 Å². The van der Waals surface area contributed by atoms with Gasteiger partial charge in [0.15, 0.2) is 0 Å². The highest BCUT2D eigenvalue weighted by Gasteiger charge is 2.19. The topological polar surface area (TPSA) is 61.7 Å². The summed E-state index contributed by atoms with van der Waals surface area (Å²) in [5, 5.41) is 14.1. The molecule has 0 unspecified atom stereocenters. The van der Waals surface area contributed by atoms with E-state index in [1.807, 2.05) is 12.1 Å². The Morgan fingerprint density at radius 3 is 2.45 bits per heavy atom. The zero-order valence-electron chi connectivity index (χ0n) is 11.6. The number of nitrogens with zero attached hydrogens (tertiary/aromatic N) is 1. The number of hydrazone groups is 1. The number of phenols is 1. The molecule has 0 saturated heterocycles. The molecule has 1 heterocycles. The zero-order chi connectivity index (χ0) is 15.5. The molecule has 0 saturated carbocycles. The number of phenolic OH excluding ortho intramolecular Hbond substituents is 1. The first-order valence-corrected chi connectivity index (χ1v) is 7.12. The van der Waals surface area contributed by atoms with Gasteiger partial charge in [-0.25, -0.2) is 5.43 Å². The van der Waals surface area contributed by atoms with Crippen LogP contribution in [0.2, 0.25) is 5.02 Å². The lowest BCUT2D eigenvalue weighted by atomic mass is 9.99. The molecule has 110 valence electrons. The van der Waals surface area contributed by atoms with Crippen LogP contribution in [-0.4, -0.2) is 16.7 Å². The number of rotatable bonds is 2. The van der Waals surface area contributed by atoms with E-state index in [2.05, 4.69) is 10.5 Å². The number of halogens is 1. The molecule has 5 heteroatoms. The normalized spacial score (nSPS) is 16.3. The molecule has 4 nitrogen and oxygen atoms in total. The van der Waals surface area contributed by atoms with Crippen molar-refractivity contribution < 1.29 is 9.90 Å². The third kappa shape index (κ3) is 3.18. The highest BCUT2D eigenvalue weighted by molar-refractivity contribution is 6.30. The number of hydrogen-bond acceptors (Lipinski definition) is 3. The molecule has 0 aliphatic carbocycles. The van der Waals surface area contributed by atoms with E-state index in [1.54, 1.807) is 42.5 Å². The van der Waals surface area contributed by atoms with E-state index in [1.165, 1.54) is 0 Å². The molecule has 1 aliphatic rings. The highest BCUT2D eigenvalue weighted by Crippen LogP contribution is 2.20. The van der Waals surface area contributed by atoms with Crippen LogP contribution in [0.3, 0.4) is 0 Å². The molecular weight excluding hydrogens is 300 g/mol. The molecule has 2 aromatic rings. The Hall–Kier alpha value is -2.59. The van der Waals surface area contributed by atoms with Crippen molar-refractivity contribution in [2.24, 2.45) is 5.10 Å². The lowest BCUT2D eigenvalue weighted by Crippen LogP contribution is -2.28. The van der Waals surface area contributed by atoms with Gasteiger partial charge in [0.2, 0.25) is 0 Å². The number of benzene rings is 2. The Morgan fingerprint density at radius 1 is 1.09 bits per heavy atom. The summed E-state index contributed by atoms with van der Waals surface area (Å²) in [6.07, 6.45) is 2.23. The molecule has 0 fully saturated rings. The summed E-state index contributed by atoms with van der Waals surface area (Å²) in [5.41, 5.74) is 5.69. The van der Waals surface area contributed by atoms with E-state index in [9.17, 15) is 9.90 Å². The van der Waals surface area contributed by atoms with Crippen LogP contribution in [0.25, 0.3) is 6.08 Å². The SMILES string of the molecule is O=C1NN=C(c2ccc(Cl)cc2)C/C1=C/c1ccc(O)cc1. The van der Waals surface area contributed by atoms with E-state index in [0.717, 1.165) is 16.8 Å². The minimum absolute atomic E-state index is 0.193. The number of carbonyl (C=O) groups excluding carboxylic acids is 1. The van der Waals surface area contributed by atoms with Crippen LogP contribution in [0, 0.1) is 0 Å². The lowest BCUT2D eigenvalue weighted by Gasteiger charge is -2.15. The Morgan fingerprint density at radius 2 is 1.77 bits per heavy atom. The maximum absolute atomic E-state index is 11.9. The molecule has 22 heavy (non-hydrogen) atoms. The summed E-state index contributed by atoms with van der Waals surface area (Å²) < 4.78 is 0. The smallest absolute Gasteiger partial charge is 0.267 e. The molecule has 0 bridgehead atoms. The Kier molecular flexibility index (Phi) is 3.94. The maximum atomic E-state index is 11.9. The second-order valence-corrected chi connectivity index (χ2v) is 5.38. The van der Waals surface area contributed by atoms with Crippen molar-refractivity contribution in [2.45, 2.75) is 6.42 Å². The Balaban J connectivity index is 1.87. The van der Waals surface area contributed by atoms with Gasteiger partial charge in [-0.2, -0.15) is 5.10 Å². The minimum atomic E-state index is -0.217. The van der Waals surface area contributed by atoms with E-state index in [0.29, 0.717) is 17.0 Å². The number of nitrogens with one attached hydrogen (secondary N) is 1. The van der Waals surface area contributed by atoms with E-state index in [4.69, 9.17) is 11.6 Å². The summed E-state index contributed by atoms with van der Waals surface area (Å²) in [6, 6.07) is 14.0. The first kappa shape index (κ1) is 14.4. The predicted molar refractivity (Wildman–Crippen MR) is 86.8 cm³/mol. The van der Waals surface area contributed by atoms with Crippen LogP contribution in [0.15, 0.2) is 59.2 Å². The Bertz CT molecular complexity index is 762. The van der Waals surface area contributed by atoms with Gasteiger partial charge >= 0.3 is 0 Å². The number of aromatic hydroxyl groups is 1. The number of amides is 1. The summed E-state index contributed by atoms with van der Waals surface area (Å²) in [7, 11) is 0. The van der Waals surface area contributed by atoms with Gasteiger partial charge in [-0.05, 0) is 41.5 Å². The van der Waals surface area contributed by atoms with E-state index >= 15 is 0 Å². The fourth-order valence-electron chi connectivity index (χ4n) is 2.19. The summed E-state index contributed by atoms with van der Waals surface area (Å²) in [6.45, 7) is 0. The third-order valence-corrected chi connectivity index (χ3v) is 3.61. The molecule has 1 amide bonds. The van der Waals surface area contributed by atoms with Gasteiger partial charge in [0.25, 0.3) is 5.91 Å². The molecule has 0 atom stereocenters. The second-order valence-electron chi connectivity index (χ2n) is 4.94. The molecule has 2 aromatic carbocycles. The largest absolute Gasteiger partial charge is 0.508 e. The molecule has 1 aliphatic heterocycles. The van der Waals surface area contributed by atoms with Crippen molar-refractivity contribution >= 4 is 29.3 Å². The maximum Gasteiger partial charge on any atom is 0.267 e. The molecule has 0 aromatic heterocycles. The lowest BCUT2D eigenvalue weighted by molar-refractivity contribution is -0.117. The molecular formula is C17H13ClN2O2. The van der Waals surface area contributed by atoms with Gasteiger partial charge in [-0.3, -0.25) is 4.79 Å². The average molecular weight is 313 g/mol. The van der Waals surface area contributed by atoms with Crippen LogP contribution in [0.1, 0.15) is 17.5 Å². The first-order chi connectivity index (χ1) is 10.6. The quantitative estimate of drug-likeness (QED) is 0.835. The van der Waals surface area contributed by atoms with Gasteiger partial charge < -0.3 is 5.11 Å². The first-order valence-electron chi connectivity index (χ1n) is 6.74. The van der Waals surface area contributed by atoms with Gasteiger partial charge in [0, 0.05) is 17.0 Å². The summed E-state index contributed by atoms with van der Waals surface area (Å²) >= 11 is 5.88. The monoisotopic (exact) mass is 312 g/mol. The molecule has 0 radical (unpaired) electrons. The van der Waals surface area contributed by atoms with Crippen molar-refractivity contribution in [1.29, 1.82) is 0 Å². The third-order valence-electron chi connectivity index (χ3n) is 3.35. The second kappa shape index (κ2) is 6.03. The number of carbonyl (C=O) groups is 1. The van der Waals surface area contributed by atoms with E-state index in [-0.39, 0.29) is 11.7 Å². The fourth-order valence-corrected chi connectivity index (χ4v) is 2.31. The highest BCUT2D eigenvalue weighted by atomic mass is 35.5. The van der Waals surface area contributed by atoms with E-state index < -0.39 is 0 Å². The molecule has 3 rings (SSSR count). The average Bonchev–Trinajstić information content (AvgIpc) is 2.52. The van der Waals surface area contributed by atoms with Gasteiger partial charge in [-0.15, -0.1) is 0 Å². The van der Waals surface area contributed by atoms with Gasteiger partial charge in [0.1, 0.15) is 5.75 Å². The van der Waals surface area contributed by atoms with Crippen molar-refractivity contribution in [3.05, 3.63) is 70.3 Å². The Labute approximate surface area is 132 Å².